The molecule has 0 aliphatic carbocycles. The number of fused-ring (bicyclic) bond motifs is 1. The average Bonchev–Trinajstić information content (AvgIpc) is 3.10. The van der Waals surface area contributed by atoms with Gasteiger partial charge in [0.05, 0.1) is 6.20 Å². The Labute approximate surface area is 170 Å². The molecule has 0 amide bonds. The first-order valence-electron chi connectivity index (χ1n) is 8.75. The fourth-order valence-electron chi connectivity index (χ4n) is 3.36. The van der Waals surface area contributed by atoms with E-state index in [1.807, 2.05) is 68.1 Å². The van der Waals surface area contributed by atoms with E-state index in [1.54, 1.807) is 22.6 Å². The van der Waals surface area contributed by atoms with Crippen molar-refractivity contribution in [2.24, 2.45) is 14.1 Å². The maximum absolute atomic E-state index is 12.7. The lowest BCUT2D eigenvalue weighted by atomic mass is 9.97. The van der Waals surface area contributed by atoms with Crippen LogP contribution in [0.5, 0.6) is 0 Å². The average molecular weight is 410 g/mol. The van der Waals surface area contributed by atoms with Crippen molar-refractivity contribution < 1.29 is 9.69 Å². The van der Waals surface area contributed by atoms with E-state index in [2.05, 4.69) is 9.82 Å². The van der Waals surface area contributed by atoms with Crippen LogP contribution in [-0.4, -0.2) is 30.3 Å². The third-order valence-electron chi connectivity index (χ3n) is 4.66. The molecule has 7 nitrogen and oxygen atoms in total. The molecule has 3 N–H and O–H groups in total. The number of aromatic nitrogens is 3. The first-order valence-corrected chi connectivity index (χ1v) is 10.3. The van der Waals surface area contributed by atoms with Crippen LogP contribution >= 0.6 is 0 Å². The number of aryl methyl sites for hydroxylation is 2. The minimum Gasteiger partial charge on any atom is -0.412 e. The maximum Gasteiger partial charge on any atom is 0.258 e. The lowest BCUT2D eigenvalue weighted by Gasteiger charge is -2.12. The monoisotopic (exact) mass is 410 g/mol. The van der Waals surface area contributed by atoms with Gasteiger partial charge in [-0.15, -0.1) is 0 Å². The van der Waals surface area contributed by atoms with Crippen LogP contribution in [0.2, 0.25) is 0 Å². The quantitative estimate of drug-likeness (QED) is 0.559. The fourth-order valence-corrected chi connectivity index (χ4v) is 3.82. The molecule has 4 rings (SSSR count). The van der Waals surface area contributed by atoms with Crippen molar-refractivity contribution in [2.75, 3.05) is 11.0 Å². The van der Waals surface area contributed by atoms with Gasteiger partial charge in [0.25, 0.3) is 5.56 Å². The van der Waals surface area contributed by atoms with Crippen LogP contribution in [0.4, 0.5) is 5.69 Å². The Bertz CT molecular complexity index is 1280. The van der Waals surface area contributed by atoms with Gasteiger partial charge in [0.1, 0.15) is 11.0 Å². The van der Waals surface area contributed by atoms with Crippen molar-refractivity contribution in [2.45, 2.75) is 0 Å². The van der Waals surface area contributed by atoms with E-state index in [0.29, 0.717) is 5.39 Å². The number of hydrogen-bond acceptors (Lipinski definition) is 3. The largest absolute Gasteiger partial charge is 0.412 e. The van der Waals surface area contributed by atoms with Gasteiger partial charge in [0, 0.05) is 54.9 Å². The standard InChI is InChI=1S/C21H20N4O2S.H2O/c1-24-13-20(15-5-4-6-17(9-15)23-28(3)27)19-10-14(7-8-18(19)21(24)26)16-11-22-25(2)12-16;/h4-13,23H,1-3H3;1H2. The van der Waals surface area contributed by atoms with Gasteiger partial charge in [0.15, 0.2) is 0 Å². The van der Waals surface area contributed by atoms with Crippen LogP contribution < -0.4 is 10.3 Å². The number of benzene rings is 2. The Hall–Kier alpha value is -3.23. The van der Waals surface area contributed by atoms with E-state index in [1.165, 1.54) is 0 Å². The van der Waals surface area contributed by atoms with E-state index in [0.717, 1.165) is 33.3 Å². The minimum absolute atomic E-state index is 0. The fraction of sp³-hybridized carbons (Fsp3) is 0.143. The van der Waals surface area contributed by atoms with Crippen LogP contribution in [0.25, 0.3) is 33.0 Å². The van der Waals surface area contributed by atoms with Gasteiger partial charge in [-0.05, 0) is 40.8 Å². The molecule has 29 heavy (non-hydrogen) atoms. The second-order valence-corrected chi connectivity index (χ2v) is 7.87. The number of anilines is 1. The molecule has 2 heterocycles. The first kappa shape index (κ1) is 20.5. The Morgan fingerprint density at radius 1 is 0.966 bits per heavy atom. The van der Waals surface area contributed by atoms with Crippen LogP contribution in [-0.2, 0) is 25.1 Å². The molecule has 0 saturated carbocycles. The van der Waals surface area contributed by atoms with Crippen LogP contribution in [0.1, 0.15) is 0 Å². The second kappa shape index (κ2) is 8.02. The molecule has 2 aromatic heterocycles. The molecular weight excluding hydrogens is 388 g/mol. The van der Waals surface area contributed by atoms with Gasteiger partial charge in [-0.3, -0.25) is 9.48 Å². The first-order chi connectivity index (χ1) is 13.4. The highest BCUT2D eigenvalue weighted by atomic mass is 32.2. The molecule has 0 aliphatic rings. The summed E-state index contributed by atoms with van der Waals surface area (Å²) in [5.41, 5.74) is 4.60. The zero-order chi connectivity index (χ0) is 19.8. The molecule has 0 saturated heterocycles. The summed E-state index contributed by atoms with van der Waals surface area (Å²) < 4.78 is 17.8. The van der Waals surface area contributed by atoms with Crippen molar-refractivity contribution in [3.05, 3.63) is 71.4 Å². The van der Waals surface area contributed by atoms with Gasteiger partial charge >= 0.3 is 0 Å². The summed E-state index contributed by atoms with van der Waals surface area (Å²) in [6.07, 6.45) is 7.19. The van der Waals surface area contributed by atoms with Crippen molar-refractivity contribution in [3.8, 4) is 22.3 Å². The molecule has 150 valence electrons. The summed E-state index contributed by atoms with van der Waals surface area (Å²) >= 11 is 0. The summed E-state index contributed by atoms with van der Waals surface area (Å²) in [6, 6.07) is 13.6. The third-order valence-corrected chi connectivity index (χ3v) is 5.18. The predicted octanol–water partition coefficient (Wildman–Crippen LogP) is 2.49. The minimum atomic E-state index is -1.16. The van der Waals surface area contributed by atoms with Crippen LogP contribution in [0, 0.1) is 0 Å². The molecule has 1 unspecified atom stereocenters. The van der Waals surface area contributed by atoms with Crippen molar-refractivity contribution >= 4 is 27.4 Å². The van der Waals surface area contributed by atoms with Gasteiger partial charge in [-0.1, -0.05) is 18.2 Å². The van der Waals surface area contributed by atoms with E-state index in [4.69, 9.17) is 0 Å². The summed E-state index contributed by atoms with van der Waals surface area (Å²) in [6.45, 7) is 0. The van der Waals surface area contributed by atoms with E-state index < -0.39 is 11.0 Å². The SMILES string of the molecule is Cn1cc(-c2ccc3c(=O)n(C)cc(-c4cccc(NS(C)=O)c4)c3c2)cn1.O. The van der Waals surface area contributed by atoms with Crippen molar-refractivity contribution in [3.63, 3.8) is 0 Å². The molecule has 0 aliphatic heterocycles. The zero-order valence-corrected chi connectivity index (χ0v) is 17.2. The topological polar surface area (TPSA) is 100 Å². The molecule has 0 spiro atoms. The molecule has 4 aromatic rings. The highest BCUT2D eigenvalue weighted by Gasteiger charge is 2.12. The maximum atomic E-state index is 12.7. The van der Waals surface area contributed by atoms with Gasteiger partial charge in [0.2, 0.25) is 0 Å². The molecular formula is C21H22N4O3S. The lowest BCUT2D eigenvalue weighted by Crippen LogP contribution is -2.16. The van der Waals surface area contributed by atoms with Crippen molar-refractivity contribution in [1.82, 2.24) is 14.3 Å². The van der Waals surface area contributed by atoms with Crippen LogP contribution in [0.3, 0.4) is 0 Å². The molecule has 0 bridgehead atoms. The smallest absolute Gasteiger partial charge is 0.258 e. The number of nitrogens with zero attached hydrogens (tertiary/aromatic N) is 3. The highest BCUT2D eigenvalue weighted by Crippen LogP contribution is 2.31. The molecule has 1 atom stereocenters. The summed E-state index contributed by atoms with van der Waals surface area (Å²) in [5, 5.41) is 5.77. The molecule has 8 heteroatoms. The van der Waals surface area contributed by atoms with Crippen LogP contribution in [0.15, 0.2) is 65.8 Å². The molecule has 0 radical (unpaired) electrons. The normalized spacial score (nSPS) is 11.8. The van der Waals surface area contributed by atoms with Gasteiger partial charge in [-0.25, -0.2) is 4.21 Å². The Morgan fingerprint density at radius 2 is 1.76 bits per heavy atom. The Balaban J connectivity index is 0.00000240. The highest BCUT2D eigenvalue weighted by molar-refractivity contribution is 7.85. The van der Waals surface area contributed by atoms with Gasteiger partial charge in [-0.2, -0.15) is 5.10 Å². The van der Waals surface area contributed by atoms with E-state index in [-0.39, 0.29) is 11.0 Å². The Kier molecular flexibility index (Phi) is 5.67. The predicted molar refractivity (Wildman–Crippen MR) is 118 cm³/mol. The lowest BCUT2D eigenvalue weighted by molar-refractivity contribution is 0.690. The number of nitrogens with one attached hydrogen (secondary N) is 1. The van der Waals surface area contributed by atoms with Gasteiger partial charge < -0.3 is 14.8 Å². The van der Waals surface area contributed by atoms with Crippen molar-refractivity contribution in [1.29, 1.82) is 0 Å². The summed E-state index contributed by atoms with van der Waals surface area (Å²) in [4.78, 5) is 12.7. The number of rotatable bonds is 4. The van der Waals surface area contributed by atoms with E-state index in [9.17, 15) is 9.00 Å². The molecule has 0 fully saturated rings. The summed E-state index contributed by atoms with van der Waals surface area (Å²) in [7, 11) is 2.47. The second-order valence-electron chi connectivity index (χ2n) is 6.76. The van der Waals surface area contributed by atoms with E-state index >= 15 is 0 Å². The summed E-state index contributed by atoms with van der Waals surface area (Å²) in [5.74, 6) is 0. The zero-order valence-electron chi connectivity index (χ0n) is 16.3. The third kappa shape index (κ3) is 3.98. The molecule has 2 aromatic carbocycles. The number of hydrogen-bond donors (Lipinski definition) is 1. The number of pyridine rings is 1. The Morgan fingerprint density at radius 3 is 2.45 bits per heavy atom.